The van der Waals surface area contributed by atoms with Crippen LogP contribution in [-0.2, 0) is 40.5 Å². The maximum Gasteiger partial charge on any atom is 0.416 e. The predicted molar refractivity (Wildman–Crippen MR) is 206 cm³/mol. The minimum Gasteiger partial charge on any atom is -0.478 e. The normalized spacial score (nSPS) is 15.1. The van der Waals surface area contributed by atoms with Gasteiger partial charge in [-0.15, -0.1) is 0 Å². The number of ether oxygens (including phenoxy) is 1. The van der Waals surface area contributed by atoms with Gasteiger partial charge in [0.15, 0.2) is 5.54 Å². The Morgan fingerprint density at radius 2 is 1.32 bits per heavy atom. The number of nitrogens with one attached hydrogen (secondary N) is 1. The maximum absolute atomic E-state index is 13.0. The molecule has 0 radical (unpaired) electrons. The van der Waals surface area contributed by atoms with E-state index in [4.69, 9.17) is 4.74 Å². The zero-order chi connectivity index (χ0) is 42.0. The van der Waals surface area contributed by atoms with E-state index in [1.54, 1.807) is 94.7 Å². The molecule has 8 rings (SSSR count). The Morgan fingerprint density at radius 1 is 0.746 bits per heavy atom. The molecule has 2 N–H and O–H groups in total. The van der Waals surface area contributed by atoms with E-state index in [-0.39, 0.29) is 18.7 Å². The summed E-state index contributed by atoms with van der Waals surface area (Å²) in [7, 11) is 1.31. The van der Waals surface area contributed by atoms with E-state index in [0.29, 0.717) is 44.4 Å². The summed E-state index contributed by atoms with van der Waals surface area (Å²) < 4.78 is 85.9. The van der Waals surface area contributed by atoms with Crippen molar-refractivity contribution in [2.24, 2.45) is 0 Å². The number of fused-ring (bicyclic) bond motifs is 2. The summed E-state index contributed by atoms with van der Waals surface area (Å²) in [4.78, 5) is 28.1. The lowest BCUT2D eigenvalue weighted by atomic mass is 9.86. The molecule has 1 atom stereocenters. The lowest BCUT2D eigenvalue weighted by Crippen LogP contribution is -2.47. The second kappa shape index (κ2) is 16.0. The van der Waals surface area contributed by atoms with Gasteiger partial charge in [0.25, 0.3) is 0 Å². The summed E-state index contributed by atoms with van der Waals surface area (Å²) in [5.74, 6) is -1.54. The summed E-state index contributed by atoms with van der Waals surface area (Å²) >= 11 is 0. The van der Waals surface area contributed by atoms with E-state index in [1.165, 1.54) is 37.6 Å². The van der Waals surface area contributed by atoms with Gasteiger partial charge in [-0.3, -0.25) is 14.3 Å². The van der Waals surface area contributed by atoms with Gasteiger partial charge >= 0.3 is 24.3 Å². The summed E-state index contributed by atoms with van der Waals surface area (Å²) in [6.45, 7) is 0.326. The number of carboxylic acid groups (broad SMARTS) is 1. The Kier molecular flexibility index (Phi) is 10.8. The predicted octanol–water partition coefficient (Wildman–Crippen LogP) is 9.01. The third-order valence-electron chi connectivity index (χ3n) is 9.47. The van der Waals surface area contributed by atoms with Gasteiger partial charge in [0.2, 0.25) is 0 Å². The molecule has 16 heteroatoms. The number of alkyl halides is 6. The minimum atomic E-state index is -4.41. The van der Waals surface area contributed by atoms with Crippen LogP contribution in [0.4, 0.5) is 26.3 Å². The standard InChI is InChI=1S/C22H18F3N3O2.C21H14F3N3O2/c1-30-20(29)21(10-2-3-11-26-21)18-8-5-9-19-17(18)14-28(27-19)13-15-6-4-7-16(12-15)22(23,24)25;22-21(23,24)15-4-1-3-13(9-15)11-27-12-17-16(5-2-6-18(17)26-27)19-10-14(20(28)29)7-8-25-19/h2-12,14,26H,13H2,1H3;1-10,12H,11H2,(H,28,29). The Labute approximate surface area is 331 Å². The monoisotopic (exact) mass is 810 g/mol. The number of halogens is 6. The molecule has 1 aliphatic heterocycles. The molecule has 0 saturated carbocycles. The fraction of sp³-hybridized carbons (Fsp3) is 0.140. The van der Waals surface area contributed by atoms with Crippen molar-refractivity contribution in [2.45, 2.75) is 31.0 Å². The topological polar surface area (TPSA) is 124 Å². The van der Waals surface area contributed by atoms with Crippen molar-refractivity contribution >= 4 is 33.7 Å². The molecule has 1 aliphatic rings. The molecule has 3 aromatic heterocycles. The molecule has 0 bridgehead atoms. The van der Waals surface area contributed by atoms with Crippen LogP contribution in [0.3, 0.4) is 0 Å². The average Bonchev–Trinajstić information content (AvgIpc) is 3.84. The highest BCUT2D eigenvalue weighted by atomic mass is 19.4. The highest BCUT2D eigenvalue weighted by molar-refractivity contribution is 5.96. The van der Waals surface area contributed by atoms with Crippen molar-refractivity contribution in [3.05, 3.63) is 173 Å². The van der Waals surface area contributed by atoms with Gasteiger partial charge in [0.05, 0.1) is 53.6 Å². The van der Waals surface area contributed by atoms with Crippen LogP contribution in [0.15, 0.2) is 140 Å². The van der Waals surface area contributed by atoms with Crippen molar-refractivity contribution in [2.75, 3.05) is 7.11 Å². The van der Waals surface area contributed by atoms with Crippen LogP contribution in [0.2, 0.25) is 0 Å². The number of pyridine rings is 1. The number of carboxylic acids is 1. The fourth-order valence-electron chi connectivity index (χ4n) is 6.74. The summed E-state index contributed by atoms with van der Waals surface area (Å²) in [6, 6.07) is 23.8. The molecular formula is C43H32F6N6O4. The van der Waals surface area contributed by atoms with E-state index in [2.05, 4.69) is 20.5 Å². The highest BCUT2D eigenvalue weighted by Crippen LogP contribution is 2.34. The number of allylic oxidation sites excluding steroid dienone is 2. The van der Waals surface area contributed by atoms with Crippen molar-refractivity contribution in [1.82, 2.24) is 29.9 Å². The molecule has 300 valence electrons. The maximum atomic E-state index is 13.0. The molecule has 0 fully saturated rings. The van der Waals surface area contributed by atoms with Crippen LogP contribution in [0, 0.1) is 0 Å². The van der Waals surface area contributed by atoms with E-state index < -0.39 is 41.0 Å². The van der Waals surface area contributed by atoms with Crippen LogP contribution in [0.25, 0.3) is 33.1 Å². The number of hydrogen-bond acceptors (Lipinski definition) is 7. The first-order valence-corrected chi connectivity index (χ1v) is 17.8. The fourth-order valence-corrected chi connectivity index (χ4v) is 6.74. The lowest BCUT2D eigenvalue weighted by molar-refractivity contribution is -0.146. The van der Waals surface area contributed by atoms with Gasteiger partial charge in [-0.2, -0.15) is 36.5 Å². The van der Waals surface area contributed by atoms with Crippen LogP contribution in [0.1, 0.15) is 38.2 Å². The Morgan fingerprint density at radius 3 is 1.88 bits per heavy atom. The molecule has 4 heterocycles. The minimum absolute atomic E-state index is 0.114. The van der Waals surface area contributed by atoms with Crippen LogP contribution >= 0.6 is 0 Å². The number of nitrogens with zero attached hydrogens (tertiary/aromatic N) is 5. The highest BCUT2D eigenvalue weighted by Gasteiger charge is 2.40. The number of esters is 1. The van der Waals surface area contributed by atoms with E-state index >= 15 is 0 Å². The first-order valence-electron chi connectivity index (χ1n) is 17.8. The molecule has 59 heavy (non-hydrogen) atoms. The SMILES string of the molecule is COC(=O)C1(c2cccc3nn(Cc4cccc(C(F)(F)F)c4)cc23)C=CC=CN1.O=C(O)c1ccnc(-c2cccc3nn(Cc4cccc(C(F)(F)F)c4)cc23)c1. The number of carbonyl (C=O) groups excluding carboxylic acids is 1. The largest absolute Gasteiger partial charge is 0.478 e. The third-order valence-corrected chi connectivity index (χ3v) is 9.47. The number of aromatic nitrogens is 5. The molecule has 0 spiro atoms. The van der Waals surface area contributed by atoms with Gasteiger partial charge in [-0.05, 0) is 78.0 Å². The first-order chi connectivity index (χ1) is 28.1. The molecule has 1 unspecified atom stereocenters. The number of benzene rings is 4. The van der Waals surface area contributed by atoms with Gasteiger partial charge in [0.1, 0.15) is 0 Å². The smallest absolute Gasteiger partial charge is 0.416 e. The number of carbonyl (C=O) groups is 2. The molecule has 0 amide bonds. The lowest BCUT2D eigenvalue weighted by Gasteiger charge is -2.30. The van der Waals surface area contributed by atoms with Gasteiger partial charge in [-0.25, -0.2) is 9.59 Å². The molecule has 4 aromatic carbocycles. The van der Waals surface area contributed by atoms with Crippen LogP contribution in [-0.4, -0.2) is 48.7 Å². The Bertz CT molecular complexity index is 2750. The van der Waals surface area contributed by atoms with Crippen LogP contribution < -0.4 is 5.32 Å². The van der Waals surface area contributed by atoms with Crippen molar-refractivity contribution in [3.63, 3.8) is 0 Å². The number of aromatic carboxylic acids is 1. The van der Waals surface area contributed by atoms with Crippen LogP contribution in [0.5, 0.6) is 0 Å². The van der Waals surface area contributed by atoms with Gasteiger partial charge in [-0.1, -0.05) is 54.6 Å². The van der Waals surface area contributed by atoms with Gasteiger partial charge in [0, 0.05) is 40.5 Å². The zero-order valence-corrected chi connectivity index (χ0v) is 30.9. The van der Waals surface area contributed by atoms with Gasteiger partial charge < -0.3 is 15.2 Å². The number of dihydropyridines is 1. The number of hydrogen-bond donors (Lipinski definition) is 2. The van der Waals surface area contributed by atoms with E-state index in [1.807, 2.05) is 0 Å². The average molecular weight is 811 g/mol. The molecule has 0 saturated heterocycles. The van der Waals surface area contributed by atoms with E-state index in [9.17, 15) is 41.0 Å². The Balaban J connectivity index is 0.000000179. The second-order valence-electron chi connectivity index (χ2n) is 13.4. The third kappa shape index (κ3) is 8.56. The van der Waals surface area contributed by atoms with Crippen molar-refractivity contribution in [3.8, 4) is 11.3 Å². The summed E-state index contributed by atoms with van der Waals surface area (Å²) in [5, 5.41) is 22.6. The molecule has 7 aromatic rings. The molecule has 10 nitrogen and oxygen atoms in total. The first kappa shape index (κ1) is 40.0. The number of rotatable bonds is 8. The number of methoxy groups -OCH3 is 1. The van der Waals surface area contributed by atoms with Crippen molar-refractivity contribution in [1.29, 1.82) is 0 Å². The Hall–Kier alpha value is -7.23. The molecule has 0 aliphatic carbocycles. The molecular weight excluding hydrogens is 778 g/mol. The summed E-state index contributed by atoms with van der Waals surface area (Å²) in [5.41, 5.74) is 1.51. The van der Waals surface area contributed by atoms with Crippen molar-refractivity contribution < 1.29 is 45.8 Å². The zero-order valence-electron chi connectivity index (χ0n) is 30.9. The van der Waals surface area contributed by atoms with E-state index in [0.717, 1.165) is 29.7 Å². The quantitative estimate of drug-likeness (QED) is 0.115. The second-order valence-corrected chi connectivity index (χ2v) is 13.4. The summed E-state index contributed by atoms with van der Waals surface area (Å²) in [6.07, 6.45) is 2.93.